The van der Waals surface area contributed by atoms with Crippen LogP contribution < -0.4 is 10.1 Å². The van der Waals surface area contributed by atoms with Crippen molar-refractivity contribution >= 4 is 0 Å². The van der Waals surface area contributed by atoms with Crippen molar-refractivity contribution in [2.24, 2.45) is 11.8 Å². The summed E-state index contributed by atoms with van der Waals surface area (Å²) < 4.78 is 5.68. The minimum Gasteiger partial charge on any atom is -0.494 e. The molecule has 2 rings (SSSR count). The van der Waals surface area contributed by atoms with Gasteiger partial charge < -0.3 is 10.1 Å². The fourth-order valence-electron chi connectivity index (χ4n) is 3.75. The maximum atomic E-state index is 5.68. The van der Waals surface area contributed by atoms with Crippen molar-refractivity contribution in [1.82, 2.24) is 5.32 Å². The Labute approximate surface area is 130 Å². The van der Waals surface area contributed by atoms with Crippen molar-refractivity contribution in [1.29, 1.82) is 0 Å². The molecule has 1 fully saturated rings. The van der Waals surface area contributed by atoms with Gasteiger partial charge in [-0.1, -0.05) is 45.2 Å². The summed E-state index contributed by atoms with van der Waals surface area (Å²) >= 11 is 0. The van der Waals surface area contributed by atoms with E-state index < -0.39 is 0 Å². The molecule has 1 aromatic rings. The highest BCUT2D eigenvalue weighted by Gasteiger charge is 2.28. The molecule has 0 amide bonds. The lowest BCUT2D eigenvalue weighted by Crippen LogP contribution is -2.31. The van der Waals surface area contributed by atoms with Gasteiger partial charge in [-0.3, -0.25) is 0 Å². The van der Waals surface area contributed by atoms with Gasteiger partial charge in [-0.25, -0.2) is 0 Å². The van der Waals surface area contributed by atoms with Crippen LogP contribution >= 0.6 is 0 Å². The zero-order valence-corrected chi connectivity index (χ0v) is 13.9. The summed E-state index contributed by atoms with van der Waals surface area (Å²) in [5.74, 6) is 2.68. The molecule has 21 heavy (non-hydrogen) atoms. The molecule has 0 radical (unpaired) electrons. The first-order valence-electron chi connectivity index (χ1n) is 8.74. The molecular formula is C19H31NO. The Bertz CT molecular complexity index is 418. The molecule has 118 valence electrons. The summed E-state index contributed by atoms with van der Waals surface area (Å²) in [6.45, 7) is 8.35. The molecule has 1 N–H and O–H groups in total. The molecule has 2 heteroatoms. The lowest BCUT2D eigenvalue weighted by molar-refractivity contribution is 0.210. The number of ether oxygens (including phenoxy) is 1. The fourth-order valence-corrected chi connectivity index (χ4v) is 3.75. The first kappa shape index (κ1) is 16.4. The highest BCUT2D eigenvalue weighted by molar-refractivity contribution is 5.31. The quantitative estimate of drug-likeness (QED) is 0.766. The molecule has 1 aliphatic rings. The average molecular weight is 289 g/mol. The normalized spacial score (nSPS) is 23.8. The minimum atomic E-state index is 0.477. The van der Waals surface area contributed by atoms with Gasteiger partial charge >= 0.3 is 0 Å². The standard InChI is InChI=1S/C19H31NO/c1-4-15-9-7-10-16(13-15)19(20-5-2)17-11-8-12-18(14-17)21-6-3/h8,11-12,14-16,19-20H,4-7,9-10,13H2,1-3H3. The first-order chi connectivity index (χ1) is 10.3. The maximum Gasteiger partial charge on any atom is 0.119 e. The molecular weight excluding hydrogens is 258 g/mol. The third-order valence-corrected chi connectivity index (χ3v) is 4.82. The lowest BCUT2D eigenvalue weighted by atomic mass is 9.75. The van der Waals surface area contributed by atoms with E-state index in [4.69, 9.17) is 4.74 Å². The largest absolute Gasteiger partial charge is 0.494 e. The lowest BCUT2D eigenvalue weighted by Gasteiger charge is -2.35. The van der Waals surface area contributed by atoms with Crippen molar-refractivity contribution < 1.29 is 4.74 Å². The van der Waals surface area contributed by atoms with Gasteiger partial charge in [0.15, 0.2) is 0 Å². The van der Waals surface area contributed by atoms with E-state index in [0.717, 1.165) is 30.7 Å². The summed E-state index contributed by atoms with van der Waals surface area (Å²) in [5, 5.41) is 3.73. The van der Waals surface area contributed by atoms with Crippen LogP contribution in [0.25, 0.3) is 0 Å². The predicted molar refractivity (Wildman–Crippen MR) is 89.8 cm³/mol. The Balaban J connectivity index is 2.15. The molecule has 0 spiro atoms. The number of hydrogen-bond acceptors (Lipinski definition) is 2. The van der Waals surface area contributed by atoms with Crippen molar-refractivity contribution in [2.45, 2.75) is 58.9 Å². The van der Waals surface area contributed by atoms with Crippen LogP contribution in [0.5, 0.6) is 5.75 Å². The van der Waals surface area contributed by atoms with E-state index in [0.29, 0.717) is 6.04 Å². The minimum absolute atomic E-state index is 0.477. The number of benzene rings is 1. The second-order valence-corrected chi connectivity index (χ2v) is 6.24. The predicted octanol–water partition coefficient (Wildman–Crippen LogP) is 4.95. The van der Waals surface area contributed by atoms with E-state index in [9.17, 15) is 0 Å². The average Bonchev–Trinajstić information content (AvgIpc) is 2.53. The second kappa shape index (κ2) is 8.43. The van der Waals surface area contributed by atoms with Crippen LogP contribution in [0.4, 0.5) is 0 Å². The Morgan fingerprint density at radius 3 is 2.81 bits per heavy atom. The Kier molecular flexibility index (Phi) is 6.56. The van der Waals surface area contributed by atoms with Crippen LogP contribution in [0.1, 0.15) is 64.5 Å². The van der Waals surface area contributed by atoms with E-state index in [1.165, 1.54) is 37.7 Å². The topological polar surface area (TPSA) is 21.3 Å². The number of rotatable bonds is 7. The third-order valence-electron chi connectivity index (χ3n) is 4.82. The van der Waals surface area contributed by atoms with Gasteiger partial charge in [0, 0.05) is 6.04 Å². The molecule has 2 nitrogen and oxygen atoms in total. The van der Waals surface area contributed by atoms with E-state index in [-0.39, 0.29) is 0 Å². The van der Waals surface area contributed by atoms with Crippen LogP contribution in [0, 0.1) is 11.8 Å². The van der Waals surface area contributed by atoms with Crippen LogP contribution in [0.3, 0.4) is 0 Å². The molecule has 3 unspecified atom stereocenters. The molecule has 1 aliphatic carbocycles. The Morgan fingerprint density at radius 2 is 2.10 bits per heavy atom. The van der Waals surface area contributed by atoms with Gasteiger partial charge in [0.05, 0.1) is 6.61 Å². The van der Waals surface area contributed by atoms with Gasteiger partial charge in [0.25, 0.3) is 0 Å². The van der Waals surface area contributed by atoms with Crippen molar-refractivity contribution in [2.75, 3.05) is 13.2 Å². The van der Waals surface area contributed by atoms with Gasteiger partial charge in [0.2, 0.25) is 0 Å². The smallest absolute Gasteiger partial charge is 0.119 e. The second-order valence-electron chi connectivity index (χ2n) is 6.24. The van der Waals surface area contributed by atoms with Crippen LogP contribution in [0.2, 0.25) is 0 Å². The van der Waals surface area contributed by atoms with Crippen LogP contribution in [-0.2, 0) is 0 Å². The van der Waals surface area contributed by atoms with E-state index >= 15 is 0 Å². The van der Waals surface area contributed by atoms with Gasteiger partial charge in [-0.2, -0.15) is 0 Å². The molecule has 1 saturated carbocycles. The highest BCUT2D eigenvalue weighted by atomic mass is 16.5. The molecule has 0 aliphatic heterocycles. The summed E-state index contributed by atoms with van der Waals surface area (Å²) in [5.41, 5.74) is 1.39. The van der Waals surface area contributed by atoms with Crippen LogP contribution in [-0.4, -0.2) is 13.2 Å². The van der Waals surface area contributed by atoms with Crippen molar-refractivity contribution in [3.63, 3.8) is 0 Å². The SMILES string of the molecule is CCNC(c1cccc(OCC)c1)C1CCCC(CC)C1. The zero-order valence-electron chi connectivity index (χ0n) is 13.9. The van der Waals surface area contributed by atoms with E-state index in [1.807, 2.05) is 6.92 Å². The molecule has 0 saturated heterocycles. The van der Waals surface area contributed by atoms with Crippen LogP contribution in [0.15, 0.2) is 24.3 Å². The zero-order chi connectivity index (χ0) is 15.1. The third kappa shape index (κ3) is 4.47. The fraction of sp³-hybridized carbons (Fsp3) is 0.684. The Hall–Kier alpha value is -1.02. The van der Waals surface area contributed by atoms with E-state index in [2.05, 4.69) is 43.4 Å². The molecule has 0 aromatic heterocycles. The summed E-state index contributed by atoms with van der Waals surface area (Å²) in [4.78, 5) is 0. The van der Waals surface area contributed by atoms with E-state index in [1.54, 1.807) is 0 Å². The number of nitrogens with one attached hydrogen (secondary N) is 1. The number of hydrogen-bond donors (Lipinski definition) is 1. The first-order valence-corrected chi connectivity index (χ1v) is 8.74. The molecule has 0 bridgehead atoms. The summed E-state index contributed by atoms with van der Waals surface area (Å²) in [7, 11) is 0. The Morgan fingerprint density at radius 1 is 1.24 bits per heavy atom. The van der Waals surface area contributed by atoms with Gasteiger partial charge in [-0.05, 0) is 55.8 Å². The van der Waals surface area contributed by atoms with Gasteiger partial charge in [0.1, 0.15) is 5.75 Å². The monoisotopic (exact) mass is 289 g/mol. The van der Waals surface area contributed by atoms with Gasteiger partial charge in [-0.15, -0.1) is 0 Å². The molecule has 0 heterocycles. The highest BCUT2D eigenvalue weighted by Crippen LogP contribution is 2.39. The van der Waals surface area contributed by atoms with Crippen molar-refractivity contribution in [3.05, 3.63) is 29.8 Å². The molecule has 3 atom stereocenters. The summed E-state index contributed by atoms with van der Waals surface area (Å²) in [6.07, 6.45) is 6.86. The maximum absolute atomic E-state index is 5.68. The molecule has 1 aromatic carbocycles. The van der Waals surface area contributed by atoms with Crippen molar-refractivity contribution in [3.8, 4) is 5.75 Å². The summed E-state index contributed by atoms with van der Waals surface area (Å²) in [6, 6.07) is 9.15.